The second-order valence-corrected chi connectivity index (χ2v) is 6.72. The van der Waals surface area contributed by atoms with Crippen molar-refractivity contribution in [1.82, 2.24) is 20.4 Å². The van der Waals surface area contributed by atoms with Crippen molar-refractivity contribution in [2.75, 3.05) is 0 Å². The summed E-state index contributed by atoms with van der Waals surface area (Å²) in [6.45, 7) is 3.70. The fourth-order valence-corrected chi connectivity index (χ4v) is 3.39. The zero-order valence-electron chi connectivity index (χ0n) is 14.8. The minimum absolute atomic E-state index is 0.123. The Bertz CT molecular complexity index is 945. The van der Waals surface area contributed by atoms with Gasteiger partial charge in [0.15, 0.2) is 5.82 Å². The normalized spacial score (nSPS) is 15.3. The highest BCUT2D eigenvalue weighted by molar-refractivity contribution is 5.97. The largest absolute Gasteiger partial charge is 0.340 e. The molecule has 0 saturated heterocycles. The van der Waals surface area contributed by atoms with E-state index in [2.05, 4.69) is 20.4 Å². The van der Waals surface area contributed by atoms with Crippen LogP contribution < -0.4 is 5.32 Å². The zero-order chi connectivity index (χ0) is 18.1. The maximum atomic E-state index is 13.0. The number of nitrogens with one attached hydrogen (secondary N) is 1. The Labute approximate surface area is 151 Å². The quantitative estimate of drug-likeness (QED) is 0.780. The SMILES string of the molecule is Cc1nc(C2(NC(=O)c3cccc(-c4ccccn4)c3C)CCC2)no1. The molecular formula is C20H20N4O2. The lowest BCUT2D eigenvalue weighted by Crippen LogP contribution is -2.51. The molecule has 26 heavy (non-hydrogen) atoms. The first kappa shape index (κ1) is 16.4. The Morgan fingerprint density at radius 1 is 1.15 bits per heavy atom. The van der Waals surface area contributed by atoms with Crippen LogP contribution in [0.25, 0.3) is 11.3 Å². The minimum atomic E-state index is -0.526. The van der Waals surface area contributed by atoms with Crippen molar-refractivity contribution in [2.45, 2.75) is 38.6 Å². The van der Waals surface area contributed by atoms with Crippen LogP contribution in [0.1, 0.15) is 46.9 Å². The molecule has 2 aromatic heterocycles. The molecule has 3 aromatic rings. The van der Waals surface area contributed by atoms with E-state index < -0.39 is 5.54 Å². The summed E-state index contributed by atoms with van der Waals surface area (Å²) in [6.07, 6.45) is 4.41. The molecule has 0 radical (unpaired) electrons. The van der Waals surface area contributed by atoms with Crippen molar-refractivity contribution >= 4 is 5.91 Å². The molecule has 0 bridgehead atoms. The Kier molecular flexibility index (Phi) is 4.03. The summed E-state index contributed by atoms with van der Waals surface area (Å²) < 4.78 is 5.11. The minimum Gasteiger partial charge on any atom is -0.340 e. The molecule has 6 heteroatoms. The lowest BCUT2D eigenvalue weighted by Gasteiger charge is -2.39. The summed E-state index contributed by atoms with van der Waals surface area (Å²) in [5.41, 5.74) is 2.83. The second kappa shape index (κ2) is 6.37. The van der Waals surface area contributed by atoms with E-state index in [-0.39, 0.29) is 5.91 Å². The van der Waals surface area contributed by atoms with E-state index in [1.165, 1.54) is 0 Å². The van der Waals surface area contributed by atoms with Crippen LogP contribution >= 0.6 is 0 Å². The highest BCUT2D eigenvalue weighted by Crippen LogP contribution is 2.40. The van der Waals surface area contributed by atoms with Gasteiger partial charge >= 0.3 is 0 Å². The Hall–Kier alpha value is -3.02. The smallest absolute Gasteiger partial charge is 0.252 e. The molecule has 0 aliphatic heterocycles. The van der Waals surface area contributed by atoms with Gasteiger partial charge in [-0.05, 0) is 49.9 Å². The van der Waals surface area contributed by atoms with Crippen LogP contribution in [0.5, 0.6) is 0 Å². The predicted octanol–water partition coefficient (Wildman–Crippen LogP) is 3.56. The van der Waals surface area contributed by atoms with Crippen molar-refractivity contribution in [1.29, 1.82) is 0 Å². The molecule has 0 unspecified atom stereocenters. The van der Waals surface area contributed by atoms with Crippen LogP contribution in [-0.4, -0.2) is 21.0 Å². The average Bonchev–Trinajstić information content (AvgIpc) is 3.05. The first-order chi connectivity index (χ1) is 12.6. The van der Waals surface area contributed by atoms with Crippen molar-refractivity contribution < 1.29 is 9.32 Å². The van der Waals surface area contributed by atoms with Crippen LogP contribution in [0.4, 0.5) is 0 Å². The number of aryl methyl sites for hydroxylation is 1. The van der Waals surface area contributed by atoms with Gasteiger partial charge in [0.05, 0.1) is 5.69 Å². The highest BCUT2D eigenvalue weighted by atomic mass is 16.5. The van der Waals surface area contributed by atoms with Gasteiger partial charge in [-0.15, -0.1) is 0 Å². The first-order valence-electron chi connectivity index (χ1n) is 8.73. The third kappa shape index (κ3) is 2.77. The molecular weight excluding hydrogens is 328 g/mol. The number of aromatic nitrogens is 3. The zero-order valence-corrected chi connectivity index (χ0v) is 14.8. The van der Waals surface area contributed by atoms with Gasteiger partial charge < -0.3 is 9.84 Å². The molecule has 6 nitrogen and oxygen atoms in total. The van der Waals surface area contributed by atoms with Crippen LogP contribution in [0, 0.1) is 13.8 Å². The second-order valence-electron chi connectivity index (χ2n) is 6.72. The summed E-state index contributed by atoms with van der Waals surface area (Å²) in [7, 11) is 0. The predicted molar refractivity (Wildman–Crippen MR) is 96.4 cm³/mol. The van der Waals surface area contributed by atoms with Crippen LogP contribution in [0.3, 0.4) is 0 Å². The molecule has 4 rings (SSSR count). The molecule has 1 saturated carbocycles. The molecule has 0 atom stereocenters. The Balaban J connectivity index is 1.65. The van der Waals surface area contributed by atoms with Crippen molar-refractivity contribution in [2.24, 2.45) is 0 Å². The van der Waals surface area contributed by atoms with Crippen LogP contribution in [0.15, 0.2) is 47.1 Å². The lowest BCUT2D eigenvalue weighted by molar-refractivity contribution is 0.0804. The molecule has 1 fully saturated rings. The number of carbonyl (C=O) groups excluding carboxylic acids is 1. The fraction of sp³-hybridized carbons (Fsp3) is 0.300. The van der Waals surface area contributed by atoms with Crippen LogP contribution in [-0.2, 0) is 5.54 Å². The maximum Gasteiger partial charge on any atom is 0.252 e. The summed E-state index contributed by atoms with van der Waals surface area (Å²) in [5.74, 6) is 0.949. The van der Waals surface area contributed by atoms with E-state index >= 15 is 0 Å². The molecule has 1 aromatic carbocycles. The van der Waals surface area contributed by atoms with Gasteiger partial charge in [0.25, 0.3) is 5.91 Å². The number of pyridine rings is 1. The number of hydrogen-bond acceptors (Lipinski definition) is 5. The average molecular weight is 348 g/mol. The number of benzene rings is 1. The van der Waals surface area contributed by atoms with Gasteiger partial charge in [0.2, 0.25) is 5.89 Å². The van der Waals surface area contributed by atoms with Crippen molar-refractivity contribution in [3.63, 3.8) is 0 Å². The van der Waals surface area contributed by atoms with Gasteiger partial charge in [0.1, 0.15) is 5.54 Å². The molecule has 132 valence electrons. The lowest BCUT2D eigenvalue weighted by atomic mass is 9.75. The van der Waals surface area contributed by atoms with Gasteiger partial charge in [-0.3, -0.25) is 9.78 Å². The maximum absolute atomic E-state index is 13.0. The van der Waals surface area contributed by atoms with E-state index in [0.29, 0.717) is 17.3 Å². The first-order valence-corrected chi connectivity index (χ1v) is 8.73. The number of nitrogens with zero attached hydrogens (tertiary/aromatic N) is 3. The molecule has 1 N–H and O–H groups in total. The van der Waals surface area contributed by atoms with E-state index in [9.17, 15) is 4.79 Å². The van der Waals surface area contributed by atoms with Crippen molar-refractivity contribution in [3.8, 4) is 11.3 Å². The van der Waals surface area contributed by atoms with Gasteiger partial charge in [-0.25, -0.2) is 0 Å². The van der Waals surface area contributed by atoms with E-state index in [0.717, 1.165) is 36.1 Å². The van der Waals surface area contributed by atoms with Crippen LogP contribution in [0.2, 0.25) is 0 Å². The standard InChI is InChI=1S/C20H20N4O2/c1-13-15(17-9-3-4-12-21-17)7-5-8-16(13)18(25)23-20(10-6-11-20)19-22-14(2)26-24-19/h3-5,7-9,12H,6,10-11H2,1-2H3,(H,23,25). The van der Waals surface area contributed by atoms with E-state index in [1.807, 2.05) is 43.3 Å². The third-order valence-electron chi connectivity index (χ3n) is 5.03. The Morgan fingerprint density at radius 2 is 2.00 bits per heavy atom. The summed E-state index contributed by atoms with van der Waals surface area (Å²) in [5, 5.41) is 7.18. The third-order valence-corrected chi connectivity index (χ3v) is 5.03. The number of hydrogen-bond donors (Lipinski definition) is 1. The number of amides is 1. The molecule has 0 spiro atoms. The molecule has 2 heterocycles. The topological polar surface area (TPSA) is 80.9 Å². The van der Waals surface area contributed by atoms with Gasteiger partial charge in [-0.2, -0.15) is 4.98 Å². The Morgan fingerprint density at radius 3 is 2.62 bits per heavy atom. The molecule has 1 aliphatic carbocycles. The monoisotopic (exact) mass is 348 g/mol. The summed E-state index contributed by atoms with van der Waals surface area (Å²) in [4.78, 5) is 21.8. The highest BCUT2D eigenvalue weighted by Gasteiger charge is 2.44. The summed E-state index contributed by atoms with van der Waals surface area (Å²) in [6, 6.07) is 11.5. The van der Waals surface area contributed by atoms with Gasteiger partial charge in [0, 0.05) is 24.2 Å². The van der Waals surface area contributed by atoms with Gasteiger partial charge in [-0.1, -0.05) is 23.4 Å². The van der Waals surface area contributed by atoms with E-state index in [1.54, 1.807) is 13.1 Å². The number of carbonyl (C=O) groups is 1. The fourth-order valence-electron chi connectivity index (χ4n) is 3.39. The summed E-state index contributed by atoms with van der Waals surface area (Å²) >= 11 is 0. The van der Waals surface area contributed by atoms with E-state index in [4.69, 9.17) is 4.52 Å². The molecule has 1 aliphatic rings. The number of rotatable bonds is 4. The van der Waals surface area contributed by atoms with Crippen molar-refractivity contribution in [3.05, 3.63) is 65.4 Å². The molecule has 1 amide bonds.